The number of benzene rings is 1. The number of halogens is 1. The van der Waals surface area contributed by atoms with E-state index in [0.29, 0.717) is 17.7 Å². The van der Waals surface area contributed by atoms with Crippen molar-refractivity contribution in [2.75, 3.05) is 0 Å². The number of fused-ring (bicyclic) bond motifs is 1. The van der Waals surface area contributed by atoms with Crippen molar-refractivity contribution in [3.63, 3.8) is 0 Å². The molecule has 1 aliphatic heterocycles. The molecule has 19 heavy (non-hydrogen) atoms. The normalized spacial score (nSPS) is 25.8. The summed E-state index contributed by atoms with van der Waals surface area (Å²) in [5.41, 5.74) is 0.320. The molecular formula is C16H23FO2. The van der Waals surface area contributed by atoms with E-state index in [9.17, 15) is 9.50 Å². The fourth-order valence-corrected chi connectivity index (χ4v) is 2.78. The van der Waals surface area contributed by atoms with Gasteiger partial charge in [-0.3, -0.25) is 0 Å². The van der Waals surface area contributed by atoms with Gasteiger partial charge in [0, 0.05) is 18.1 Å². The zero-order valence-corrected chi connectivity index (χ0v) is 11.8. The summed E-state index contributed by atoms with van der Waals surface area (Å²) in [5.74, 6) is 0.179. The summed E-state index contributed by atoms with van der Waals surface area (Å²) in [4.78, 5) is 0. The molecule has 0 spiro atoms. The van der Waals surface area contributed by atoms with E-state index in [0.717, 1.165) is 12.8 Å². The minimum atomic E-state index is -0.555. The van der Waals surface area contributed by atoms with Crippen LogP contribution in [0.25, 0.3) is 0 Å². The molecule has 0 fully saturated rings. The molecular weight excluding hydrogens is 243 g/mol. The van der Waals surface area contributed by atoms with Crippen molar-refractivity contribution >= 4 is 0 Å². The van der Waals surface area contributed by atoms with E-state index in [4.69, 9.17) is 4.74 Å². The van der Waals surface area contributed by atoms with Crippen LogP contribution in [-0.2, 0) is 0 Å². The zero-order chi connectivity index (χ0) is 13.9. The molecule has 2 nitrogen and oxygen atoms in total. The monoisotopic (exact) mass is 266 g/mol. The largest absolute Gasteiger partial charge is 0.487 e. The molecule has 1 aromatic rings. The quantitative estimate of drug-likeness (QED) is 0.802. The van der Waals surface area contributed by atoms with Gasteiger partial charge in [0.05, 0.1) is 6.10 Å². The van der Waals surface area contributed by atoms with Gasteiger partial charge in [0.1, 0.15) is 17.2 Å². The fraction of sp³-hybridized carbons (Fsp3) is 0.625. The van der Waals surface area contributed by atoms with E-state index in [1.54, 1.807) is 6.07 Å². The molecule has 106 valence electrons. The summed E-state index contributed by atoms with van der Waals surface area (Å²) in [6.45, 7) is 4.19. The summed E-state index contributed by atoms with van der Waals surface area (Å²) in [7, 11) is 0. The third kappa shape index (κ3) is 3.47. The van der Waals surface area contributed by atoms with E-state index < -0.39 is 6.10 Å². The third-order valence-corrected chi connectivity index (χ3v) is 3.88. The highest BCUT2D eigenvalue weighted by Gasteiger charge is 2.36. The van der Waals surface area contributed by atoms with Crippen LogP contribution in [0.1, 0.15) is 64.0 Å². The lowest BCUT2D eigenvalue weighted by Gasteiger charge is -2.38. The van der Waals surface area contributed by atoms with E-state index in [-0.39, 0.29) is 11.4 Å². The van der Waals surface area contributed by atoms with E-state index in [1.165, 1.54) is 31.4 Å². The van der Waals surface area contributed by atoms with Crippen molar-refractivity contribution < 1.29 is 14.2 Å². The molecule has 1 aliphatic rings. The molecule has 0 saturated carbocycles. The summed E-state index contributed by atoms with van der Waals surface area (Å²) < 4.78 is 19.2. The Labute approximate surface area is 114 Å². The molecule has 0 bridgehead atoms. The molecule has 3 heteroatoms. The lowest BCUT2D eigenvalue weighted by Crippen LogP contribution is -2.38. The van der Waals surface area contributed by atoms with Crippen molar-refractivity contribution in [3.05, 3.63) is 29.6 Å². The molecule has 1 heterocycles. The van der Waals surface area contributed by atoms with Crippen LogP contribution in [-0.4, -0.2) is 10.7 Å². The Kier molecular flexibility index (Phi) is 4.46. The average Bonchev–Trinajstić information content (AvgIpc) is 2.34. The lowest BCUT2D eigenvalue weighted by atomic mass is 9.86. The van der Waals surface area contributed by atoms with Gasteiger partial charge in [-0.05, 0) is 31.9 Å². The van der Waals surface area contributed by atoms with E-state index in [1.807, 2.05) is 6.92 Å². The molecule has 1 aromatic carbocycles. The number of rotatable bonds is 5. The van der Waals surface area contributed by atoms with Gasteiger partial charge in [0.25, 0.3) is 0 Å². The van der Waals surface area contributed by atoms with Crippen LogP contribution in [0.2, 0.25) is 0 Å². The zero-order valence-electron chi connectivity index (χ0n) is 11.8. The molecule has 2 atom stereocenters. The van der Waals surface area contributed by atoms with Crippen LogP contribution >= 0.6 is 0 Å². The van der Waals surface area contributed by atoms with E-state index >= 15 is 0 Å². The first kappa shape index (κ1) is 14.3. The SMILES string of the molecule is CCCCCCC1(C)C[C@@H](O)c2ccc(F)cc2O1. The van der Waals surface area contributed by atoms with Crippen LogP contribution in [0.5, 0.6) is 5.75 Å². The minimum Gasteiger partial charge on any atom is -0.487 e. The van der Waals surface area contributed by atoms with Crippen LogP contribution in [0.3, 0.4) is 0 Å². The Morgan fingerprint density at radius 2 is 2.16 bits per heavy atom. The highest BCUT2D eigenvalue weighted by atomic mass is 19.1. The van der Waals surface area contributed by atoms with Crippen LogP contribution in [0, 0.1) is 5.82 Å². The molecule has 1 N–H and O–H groups in total. The number of aliphatic hydroxyl groups is 1. The van der Waals surface area contributed by atoms with Crippen molar-refractivity contribution in [2.45, 2.75) is 64.1 Å². The smallest absolute Gasteiger partial charge is 0.128 e. The Balaban J connectivity index is 2.05. The second kappa shape index (κ2) is 5.91. The predicted molar refractivity (Wildman–Crippen MR) is 73.8 cm³/mol. The summed E-state index contributed by atoms with van der Waals surface area (Å²) in [6, 6.07) is 4.36. The first-order valence-corrected chi connectivity index (χ1v) is 7.20. The number of unbranched alkanes of at least 4 members (excludes halogenated alkanes) is 3. The van der Waals surface area contributed by atoms with E-state index in [2.05, 4.69) is 6.92 Å². The van der Waals surface area contributed by atoms with Gasteiger partial charge in [-0.2, -0.15) is 0 Å². The van der Waals surface area contributed by atoms with Crippen molar-refractivity contribution in [1.82, 2.24) is 0 Å². The summed E-state index contributed by atoms with van der Waals surface area (Å²) in [5, 5.41) is 10.2. The molecule has 2 rings (SSSR count). The number of hydrogen-bond acceptors (Lipinski definition) is 2. The predicted octanol–water partition coefficient (Wildman–Crippen LogP) is 4.37. The molecule has 0 amide bonds. The van der Waals surface area contributed by atoms with Crippen LogP contribution < -0.4 is 4.74 Å². The first-order valence-electron chi connectivity index (χ1n) is 7.20. The van der Waals surface area contributed by atoms with Gasteiger partial charge in [0.2, 0.25) is 0 Å². The van der Waals surface area contributed by atoms with Gasteiger partial charge in [-0.1, -0.05) is 26.2 Å². The fourth-order valence-electron chi connectivity index (χ4n) is 2.78. The average molecular weight is 266 g/mol. The number of ether oxygens (including phenoxy) is 1. The lowest BCUT2D eigenvalue weighted by molar-refractivity contribution is -0.00876. The van der Waals surface area contributed by atoms with Crippen molar-refractivity contribution in [3.8, 4) is 5.75 Å². The third-order valence-electron chi connectivity index (χ3n) is 3.88. The topological polar surface area (TPSA) is 29.5 Å². The summed E-state index contributed by atoms with van der Waals surface area (Å²) >= 11 is 0. The van der Waals surface area contributed by atoms with Crippen molar-refractivity contribution in [2.24, 2.45) is 0 Å². The molecule has 0 radical (unpaired) electrons. The van der Waals surface area contributed by atoms with Crippen LogP contribution in [0.15, 0.2) is 18.2 Å². The van der Waals surface area contributed by atoms with Crippen LogP contribution in [0.4, 0.5) is 4.39 Å². The maximum Gasteiger partial charge on any atom is 0.128 e. The molecule has 1 unspecified atom stereocenters. The maximum absolute atomic E-state index is 13.3. The number of aliphatic hydroxyl groups excluding tert-OH is 1. The van der Waals surface area contributed by atoms with Gasteiger partial charge >= 0.3 is 0 Å². The maximum atomic E-state index is 13.3. The highest BCUT2D eigenvalue weighted by Crippen LogP contribution is 2.41. The highest BCUT2D eigenvalue weighted by molar-refractivity contribution is 5.38. The van der Waals surface area contributed by atoms with Gasteiger partial charge in [-0.15, -0.1) is 0 Å². The van der Waals surface area contributed by atoms with Gasteiger partial charge in [0.15, 0.2) is 0 Å². The van der Waals surface area contributed by atoms with Gasteiger partial charge in [-0.25, -0.2) is 4.39 Å². The Bertz CT molecular complexity index is 433. The first-order chi connectivity index (χ1) is 9.04. The molecule has 0 aromatic heterocycles. The Morgan fingerprint density at radius 3 is 2.89 bits per heavy atom. The standard InChI is InChI=1S/C16H23FO2/c1-3-4-5-6-9-16(2)11-14(18)13-8-7-12(17)10-15(13)19-16/h7-8,10,14,18H,3-6,9,11H2,1-2H3/t14-,16?/m1/s1. The second-order valence-electron chi connectivity index (χ2n) is 5.76. The molecule has 0 aliphatic carbocycles. The number of hydrogen-bond donors (Lipinski definition) is 1. The van der Waals surface area contributed by atoms with Crippen molar-refractivity contribution in [1.29, 1.82) is 0 Å². The van der Waals surface area contributed by atoms with Gasteiger partial charge < -0.3 is 9.84 Å². The Morgan fingerprint density at radius 1 is 1.37 bits per heavy atom. The molecule has 0 saturated heterocycles. The minimum absolute atomic E-state index is 0.318. The Hall–Kier alpha value is -1.09. The second-order valence-corrected chi connectivity index (χ2v) is 5.76. The summed E-state index contributed by atoms with van der Waals surface area (Å²) in [6.07, 6.45) is 5.62.